The third-order valence-electron chi connectivity index (χ3n) is 5.72. The molecule has 4 nitrogen and oxygen atoms in total. The van der Waals surface area contributed by atoms with Gasteiger partial charge in [0.1, 0.15) is 12.7 Å². The zero-order valence-electron chi connectivity index (χ0n) is 21.3. The Labute approximate surface area is 204 Å². The van der Waals surface area contributed by atoms with Crippen LogP contribution in [0.5, 0.6) is 0 Å². The quantitative estimate of drug-likeness (QED) is 0.107. The molecular formula is C29H50O4. The lowest BCUT2D eigenvalue weighted by atomic mass is 10.1. The molecule has 0 radical (unpaired) electrons. The molecular weight excluding hydrogens is 412 g/mol. The SMILES string of the molecule is CCCCCCCCCCCCCC#CC#CCCCCCCCCC(=O)OCC(O)CO. The predicted octanol–water partition coefficient (Wildman–Crippen LogP) is 6.71. The van der Waals surface area contributed by atoms with E-state index in [1.807, 2.05) is 0 Å². The molecule has 0 spiro atoms. The van der Waals surface area contributed by atoms with Gasteiger partial charge in [-0.1, -0.05) is 109 Å². The summed E-state index contributed by atoms with van der Waals surface area (Å²) in [5.74, 6) is 12.0. The molecule has 190 valence electrons. The van der Waals surface area contributed by atoms with E-state index in [4.69, 9.17) is 14.9 Å². The van der Waals surface area contributed by atoms with Gasteiger partial charge in [0.15, 0.2) is 0 Å². The van der Waals surface area contributed by atoms with E-state index >= 15 is 0 Å². The van der Waals surface area contributed by atoms with Crippen LogP contribution in [-0.4, -0.2) is 35.5 Å². The number of carbonyl (C=O) groups is 1. The third kappa shape index (κ3) is 26.6. The van der Waals surface area contributed by atoms with E-state index in [9.17, 15) is 4.79 Å². The van der Waals surface area contributed by atoms with Gasteiger partial charge in [-0.2, -0.15) is 0 Å². The second-order valence-electron chi connectivity index (χ2n) is 9.03. The van der Waals surface area contributed by atoms with Crippen LogP contribution in [0.2, 0.25) is 0 Å². The Hall–Kier alpha value is -1.49. The van der Waals surface area contributed by atoms with Crippen LogP contribution in [0.4, 0.5) is 0 Å². The Morgan fingerprint density at radius 3 is 1.58 bits per heavy atom. The van der Waals surface area contributed by atoms with E-state index in [0.29, 0.717) is 6.42 Å². The first-order chi connectivity index (χ1) is 16.2. The van der Waals surface area contributed by atoms with Crippen molar-refractivity contribution < 1.29 is 19.7 Å². The molecule has 0 fully saturated rings. The molecule has 0 bridgehead atoms. The Bertz CT molecular complexity index is 549. The summed E-state index contributed by atoms with van der Waals surface area (Å²) in [5.41, 5.74) is 0. The second kappa shape index (κ2) is 26.8. The fraction of sp³-hybridized carbons (Fsp3) is 0.828. The fourth-order valence-electron chi connectivity index (χ4n) is 3.59. The highest BCUT2D eigenvalue weighted by Gasteiger charge is 2.07. The predicted molar refractivity (Wildman–Crippen MR) is 138 cm³/mol. The lowest BCUT2D eigenvalue weighted by Crippen LogP contribution is -2.21. The third-order valence-corrected chi connectivity index (χ3v) is 5.72. The molecule has 1 atom stereocenters. The van der Waals surface area contributed by atoms with E-state index in [1.54, 1.807) is 0 Å². The molecule has 0 aromatic carbocycles. The van der Waals surface area contributed by atoms with Crippen molar-refractivity contribution in [2.75, 3.05) is 13.2 Å². The lowest BCUT2D eigenvalue weighted by Gasteiger charge is -2.08. The number of esters is 1. The van der Waals surface area contributed by atoms with Crippen LogP contribution in [0.15, 0.2) is 0 Å². The Balaban J connectivity index is 3.32. The van der Waals surface area contributed by atoms with Gasteiger partial charge in [-0.15, -0.1) is 0 Å². The van der Waals surface area contributed by atoms with Crippen molar-refractivity contribution in [2.45, 2.75) is 141 Å². The minimum atomic E-state index is -0.975. The number of hydrogen-bond acceptors (Lipinski definition) is 4. The molecule has 1 unspecified atom stereocenters. The summed E-state index contributed by atoms with van der Waals surface area (Å²) in [6.45, 7) is 1.76. The van der Waals surface area contributed by atoms with Crippen LogP contribution < -0.4 is 0 Å². The maximum Gasteiger partial charge on any atom is 0.305 e. The Kier molecular flexibility index (Phi) is 25.6. The first-order valence-electron chi connectivity index (χ1n) is 13.6. The van der Waals surface area contributed by atoms with Crippen LogP contribution in [0, 0.1) is 23.7 Å². The summed E-state index contributed by atoms with van der Waals surface area (Å²) in [7, 11) is 0. The average Bonchev–Trinajstić information content (AvgIpc) is 2.82. The molecule has 0 aromatic heterocycles. The van der Waals surface area contributed by atoms with Crippen LogP contribution in [0.25, 0.3) is 0 Å². The van der Waals surface area contributed by atoms with Crippen LogP contribution in [-0.2, 0) is 9.53 Å². The number of ether oxygens (including phenoxy) is 1. The molecule has 0 rings (SSSR count). The summed E-state index contributed by atoms with van der Waals surface area (Å²) < 4.78 is 4.87. The van der Waals surface area contributed by atoms with Crippen molar-refractivity contribution in [3.63, 3.8) is 0 Å². The van der Waals surface area contributed by atoms with Gasteiger partial charge >= 0.3 is 5.97 Å². The molecule has 0 saturated heterocycles. The van der Waals surface area contributed by atoms with Crippen molar-refractivity contribution in [1.82, 2.24) is 0 Å². The van der Waals surface area contributed by atoms with Crippen molar-refractivity contribution in [3.05, 3.63) is 0 Å². The smallest absolute Gasteiger partial charge is 0.305 e. The molecule has 0 saturated carbocycles. The van der Waals surface area contributed by atoms with Crippen molar-refractivity contribution in [2.24, 2.45) is 0 Å². The molecule has 2 N–H and O–H groups in total. The number of aliphatic hydroxyl groups is 2. The van der Waals surface area contributed by atoms with Crippen molar-refractivity contribution in [3.8, 4) is 23.7 Å². The second-order valence-corrected chi connectivity index (χ2v) is 9.03. The zero-order chi connectivity index (χ0) is 24.2. The standard InChI is InChI=1S/C29H50O4/c1-2-3-4-5-6-7-8-9-10-11-12-13-14-15-16-17-18-19-20-21-22-23-24-25-29(32)33-27-28(31)26-30/h28,30-31H,2-13,18-27H2,1H3. The van der Waals surface area contributed by atoms with Crippen molar-refractivity contribution in [1.29, 1.82) is 0 Å². The number of aliphatic hydroxyl groups excluding tert-OH is 2. The molecule has 4 heteroatoms. The van der Waals surface area contributed by atoms with Crippen molar-refractivity contribution >= 4 is 5.97 Å². The molecule has 0 heterocycles. The van der Waals surface area contributed by atoms with Gasteiger partial charge in [0, 0.05) is 19.3 Å². The van der Waals surface area contributed by atoms with Gasteiger partial charge in [0.05, 0.1) is 6.61 Å². The summed E-state index contributed by atoms with van der Waals surface area (Å²) in [5, 5.41) is 17.8. The summed E-state index contributed by atoms with van der Waals surface area (Å²) in [6.07, 6.45) is 22.7. The molecule has 0 aromatic rings. The number of carbonyl (C=O) groups excluding carboxylic acids is 1. The summed E-state index contributed by atoms with van der Waals surface area (Å²) in [6, 6.07) is 0. The molecule has 0 aliphatic carbocycles. The number of hydrogen-bond donors (Lipinski definition) is 2. The topological polar surface area (TPSA) is 66.8 Å². The Morgan fingerprint density at radius 2 is 1.12 bits per heavy atom. The fourth-order valence-corrected chi connectivity index (χ4v) is 3.59. The van der Waals surface area contributed by atoms with Crippen LogP contribution in [0.3, 0.4) is 0 Å². The maximum absolute atomic E-state index is 11.4. The number of rotatable bonds is 22. The highest BCUT2D eigenvalue weighted by molar-refractivity contribution is 5.69. The first-order valence-corrected chi connectivity index (χ1v) is 13.6. The lowest BCUT2D eigenvalue weighted by molar-refractivity contribution is -0.147. The van der Waals surface area contributed by atoms with Gasteiger partial charge in [0.2, 0.25) is 0 Å². The highest BCUT2D eigenvalue weighted by Crippen LogP contribution is 2.12. The van der Waals surface area contributed by atoms with E-state index in [0.717, 1.165) is 51.4 Å². The largest absolute Gasteiger partial charge is 0.463 e. The molecule has 0 aliphatic heterocycles. The van der Waals surface area contributed by atoms with Gasteiger partial charge in [-0.25, -0.2) is 0 Å². The highest BCUT2D eigenvalue weighted by atomic mass is 16.5. The Morgan fingerprint density at radius 1 is 0.697 bits per heavy atom. The van der Waals surface area contributed by atoms with Gasteiger partial charge in [0.25, 0.3) is 0 Å². The minimum absolute atomic E-state index is 0.125. The number of unbranched alkanes of at least 4 members (excludes halogenated alkanes) is 17. The van der Waals surface area contributed by atoms with Gasteiger partial charge in [-0.05, 0) is 31.1 Å². The first kappa shape index (κ1) is 31.5. The normalized spacial score (nSPS) is 11.2. The summed E-state index contributed by atoms with van der Waals surface area (Å²) in [4.78, 5) is 11.4. The monoisotopic (exact) mass is 462 g/mol. The minimum Gasteiger partial charge on any atom is -0.463 e. The zero-order valence-corrected chi connectivity index (χ0v) is 21.3. The molecule has 0 amide bonds. The molecule has 0 aliphatic rings. The van der Waals surface area contributed by atoms with E-state index < -0.39 is 6.10 Å². The van der Waals surface area contributed by atoms with E-state index in [2.05, 4.69) is 30.6 Å². The van der Waals surface area contributed by atoms with Crippen LogP contribution in [0.1, 0.15) is 135 Å². The maximum atomic E-state index is 11.4. The van der Waals surface area contributed by atoms with Crippen LogP contribution >= 0.6 is 0 Å². The summed E-state index contributed by atoms with van der Waals surface area (Å²) >= 11 is 0. The van der Waals surface area contributed by atoms with Gasteiger partial charge in [-0.3, -0.25) is 4.79 Å². The molecule has 33 heavy (non-hydrogen) atoms. The van der Waals surface area contributed by atoms with E-state index in [1.165, 1.54) is 70.6 Å². The van der Waals surface area contributed by atoms with E-state index in [-0.39, 0.29) is 19.2 Å². The van der Waals surface area contributed by atoms with Gasteiger partial charge < -0.3 is 14.9 Å². The average molecular weight is 463 g/mol.